The topological polar surface area (TPSA) is 65.7 Å². The van der Waals surface area contributed by atoms with Gasteiger partial charge in [-0.3, -0.25) is 4.79 Å². The summed E-state index contributed by atoms with van der Waals surface area (Å²) in [6, 6.07) is 22.5. The Morgan fingerprint density at radius 2 is 1.61 bits per heavy atom. The van der Waals surface area contributed by atoms with Crippen molar-refractivity contribution in [3.63, 3.8) is 0 Å². The Balaban J connectivity index is 1.52. The summed E-state index contributed by atoms with van der Waals surface area (Å²) in [6.45, 7) is 6.53. The van der Waals surface area contributed by atoms with Crippen molar-refractivity contribution in [1.82, 2.24) is 0 Å². The van der Waals surface area contributed by atoms with E-state index in [9.17, 15) is 9.59 Å². The molecule has 0 radical (unpaired) electrons. The highest BCUT2D eigenvalue weighted by Crippen LogP contribution is 2.31. The van der Waals surface area contributed by atoms with Crippen LogP contribution in [0, 0.1) is 6.92 Å². The first kappa shape index (κ1) is 25.2. The van der Waals surface area contributed by atoms with Crippen molar-refractivity contribution < 1.29 is 18.7 Å². The van der Waals surface area contributed by atoms with Crippen LogP contribution in [0.4, 0.5) is 0 Å². The van der Waals surface area contributed by atoms with E-state index in [1.807, 2.05) is 44.2 Å². The van der Waals surface area contributed by atoms with Gasteiger partial charge in [0.2, 0.25) is 0 Å². The van der Waals surface area contributed by atoms with Gasteiger partial charge in [-0.05, 0) is 67.5 Å². The molecule has 0 saturated heterocycles. The third-order valence-electron chi connectivity index (χ3n) is 6.44. The fraction of sp³-hybridized carbons (Fsp3) is 0.290. The van der Waals surface area contributed by atoms with E-state index in [1.54, 1.807) is 6.92 Å². The molecule has 4 aromatic rings. The Morgan fingerprint density at radius 3 is 2.31 bits per heavy atom. The van der Waals surface area contributed by atoms with E-state index in [-0.39, 0.29) is 18.0 Å². The molecule has 36 heavy (non-hydrogen) atoms. The number of hydrogen-bond acceptors (Lipinski definition) is 5. The number of carbonyl (C=O) groups excluding carboxylic acids is 1. The highest BCUT2D eigenvalue weighted by molar-refractivity contribution is 5.86. The fourth-order valence-corrected chi connectivity index (χ4v) is 4.48. The Labute approximate surface area is 211 Å². The zero-order valence-electron chi connectivity index (χ0n) is 21.1. The van der Waals surface area contributed by atoms with Gasteiger partial charge in [-0.2, -0.15) is 0 Å². The second-order valence-corrected chi connectivity index (χ2v) is 8.78. The summed E-state index contributed by atoms with van der Waals surface area (Å²) >= 11 is 0. The molecule has 0 N–H and O–H groups in total. The Bertz CT molecular complexity index is 1380. The van der Waals surface area contributed by atoms with Gasteiger partial charge in [0.25, 0.3) is 0 Å². The molecule has 0 amide bonds. The molecule has 1 heterocycles. The van der Waals surface area contributed by atoms with E-state index in [2.05, 4.69) is 36.4 Å². The lowest BCUT2D eigenvalue weighted by molar-refractivity contribution is -0.143. The molecule has 0 bridgehead atoms. The molecule has 186 valence electrons. The maximum Gasteiger partial charge on any atom is 0.339 e. The minimum absolute atomic E-state index is 0.245. The van der Waals surface area contributed by atoms with Crippen LogP contribution < -0.4 is 10.4 Å². The van der Waals surface area contributed by atoms with Crippen LogP contribution in [0.1, 0.15) is 48.9 Å². The van der Waals surface area contributed by atoms with Gasteiger partial charge in [0.05, 0.1) is 6.61 Å². The molecule has 4 rings (SSSR count). The third kappa shape index (κ3) is 5.68. The number of carbonyl (C=O) groups is 1. The van der Waals surface area contributed by atoms with Crippen LogP contribution in [0.5, 0.6) is 5.75 Å². The van der Waals surface area contributed by atoms with Crippen LogP contribution in [0.2, 0.25) is 0 Å². The summed E-state index contributed by atoms with van der Waals surface area (Å²) in [6.07, 6.45) is 1.97. The summed E-state index contributed by atoms with van der Waals surface area (Å²) in [5.74, 6) is 0.472. The minimum atomic E-state index is -0.354. The highest BCUT2D eigenvalue weighted by Gasteiger charge is 2.17. The first-order valence-corrected chi connectivity index (χ1v) is 12.5. The first-order valence-electron chi connectivity index (χ1n) is 12.5. The quantitative estimate of drug-likeness (QED) is 0.183. The maximum absolute atomic E-state index is 12.8. The van der Waals surface area contributed by atoms with E-state index >= 15 is 0 Å². The van der Waals surface area contributed by atoms with Crippen LogP contribution in [0.3, 0.4) is 0 Å². The van der Waals surface area contributed by atoms with Gasteiger partial charge in [0, 0.05) is 22.9 Å². The summed E-state index contributed by atoms with van der Waals surface area (Å²) in [7, 11) is 0. The molecular formula is C31H32O5. The highest BCUT2D eigenvalue weighted by atomic mass is 16.5. The van der Waals surface area contributed by atoms with Gasteiger partial charge in [0.15, 0.2) is 0 Å². The molecule has 0 unspecified atom stereocenters. The van der Waals surface area contributed by atoms with Crippen molar-refractivity contribution in [2.45, 2.75) is 53.1 Å². The summed E-state index contributed by atoms with van der Waals surface area (Å²) in [5.41, 5.74) is 6.01. The van der Waals surface area contributed by atoms with Crippen molar-refractivity contribution in [1.29, 1.82) is 0 Å². The van der Waals surface area contributed by atoms with Crippen LogP contribution in [0.15, 0.2) is 75.9 Å². The molecule has 0 fully saturated rings. The molecule has 5 heteroatoms. The molecule has 0 aliphatic carbocycles. The molecule has 1 aromatic heterocycles. The van der Waals surface area contributed by atoms with E-state index in [0.29, 0.717) is 43.6 Å². The normalized spacial score (nSPS) is 11.0. The van der Waals surface area contributed by atoms with Crippen LogP contribution >= 0.6 is 0 Å². The molecule has 0 spiro atoms. The lowest BCUT2D eigenvalue weighted by atomic mass is 9.98. The summed E-state index contributed by atoms with van der Waals surface area (Å²) in [4.78, 5) is 24.5. The number of hydrogen-bond donors (Lipinski definition) is 0. The smallest absolute Gasteiger partial charge is 0.339 e. The third-order valence-corrected chi connectivity index (χ3v) is 6.44. The predicted molar refractivity (Wildman–Crippen MR) is 142 cm³/mol. The number of benzene rings is 3. The summed E-state index contributed by atoms with van der Waals surface area (Å²) < 4.78 is 17.0. The summed E-state index contributed by atoms with van der Waals surface area (Å²) in [5, 5.41) is 0.900. The number of esters is 1. The predicted octanol–water partition coefficient (Wildman–Crippen LogP) is 6.80. The molecule has 0 atom stereocenters. The van der Waals surface area contributed by atoms with Crippen molar-refractivity contribution in [3.8, 4) is 16.9 Å². The molecule has 0 saturated carbocycles. The van der Waals surface area contributed by atoms with Crippen molar-refractivity contribution >= 4 is 16.9 Å². The monoisotopic (exact) mass is 484 g/mol. The number of rotatable bonds is 10. The standard InChI is InChI=1S/C31H32O5/c1-4-25-28(35-20-22-14-16-24(17-15-22)23-10-7-6-8-11-23)19-18-26-21(3)27(31(33)36-30(25)26)12-9-13-29(32)34-5-2/h6-8,10-11,14-19H,4-5,9,12-13,20H2,1-3H3. The molecular weight excluding hydrogens is 452 g/mol. The van der Waals surface area contributed by atoms with Gasteiger partial charge in [-0.1, -0.05) is 61.5 Å². The van der Waals surface area contributed by atoms with E-state index < -0.39 is 0 Å². The van der Waals surface area contributed by atoms with Crippen molar-refractivity contribution in [2.75, 3.05) is 6.61 Å². The van der Waals surface area contributed by atoms with E-state index in [4.69, 9.17) is 13.9 Å². The van der Waals surface area contributed by atoms with Gasteiger partial charge in [-0.15, -0.1) is 0 Å². The minimum Gasteiger partial charge on any atom is -0.488 e. The van der Waals surface area contributed by atoms with Gasteiger partial charge < -0.3 is 13.9 Å². The molecule has 3 aromatic carbocycles. The zero-order chi connectivity index (χ0) is 25.5. The average molecular weight is 485 g/mol. The van der Waals surface area contributed by atoms with Crippen LogP contribution in [0.25, 0.3) is 22.1 Å². The maximum atomic E-state index is 12.8. The van der Waals surface area contributed by atoms with Gasteiger partial charge >= 0.3 is 11.6 Å². The average Bonchev–Trinajstić information content (AvgIpc) is 2.90. The van der Waals surface area contributed by atoms with E-state index in [0.717, 1.165) is 33.4 Å². The van der Waals surface area contributed by atoms with Crippen LogP contribution in [-0.2, 0) is 29.0 Å². The lowest BCUT2D eigenvalue weighted by Crippen LogP contribution is -2.12. The first-order chi connectivity index (χ1) is 17.5. The Kier molecular flexibility index (Phi) is 8.21. The Hall–Kier alpha value is -3.86. The van der Waals surface area contributed by atoms with Gasteiger partial charge in [0.1, 0.15) is 17.9 Å². The lowest BCUT2D eigenvalue weighted by Gasteiger charge is -2.15. The van der Waals surface area contributed by atoms with Crippen LogP contribution in [-0.4, -0.2) is 12.6 Å². The second kappa shape index (κ2) is 11.7. The second-order valence-electron chi connectivity index (χ2n) is 8.78. The fourth-order valence-electron chi connectivity index (χ4n) is 4.48. The largest absolute Gasteiger partial charge is 0.488 e. The number of aryl methyl sites for hydroxylation is 2. The van der Waals surface area contributed by atoms with E-state index in [1.165, 1.54) is 5.56 Å². The number of fused-ring (bicyclic) bond motifs is 1. The van der Waals surface area contributed by atoms with Crippen molar-refractivity contribution in [3.05, 3.63) is 99.4 Å². The Morgan fingerprint density at radius 1 is 0.889 bits per heavy atom. The van der Waals surface area contributed by atoms with Gasteiger partial charge in [-0.25, -0.2) is 4.79 Å². The molecule has 0 aliphatic heterocycles. The molecule has 0 aliphatic rings. The number of ether oxygens (including phenoxy) is 2. The zero-order valence-corrected chi connectivity index (χ0v) is 21.1. The SMILES string of the molecule is CCOC(=O)CCCc1c(C)c2ccc(OCc3ccc(-c4ccccc4)cc3)c(CC)c2oc1=O. The molecule has 5 nitrogen and oxygen atoms in total. The van der Waals surface area contributed by atoms with Crippen molar-refractivity contribution in [2.24, 2.45) is 0 Å².